The molecule has 1 saturated carbocycles. The van der Waals surface area contributed by atoms with Crippen LogP contribution in [0, 0.1) is 12.7 Å². The minimum atomic E-state index is -0.169. The Balaban J connectivity index is 2.37. The number of aliphatic hydroxyl groups excluding tert-OH is 1. The van der Waals surface area contributed by atoms with Gasteiger partial charge in [-0.2, -0.15) is 0 Å². The molecule has 0 saturated heterocycles. The van der Waals surface area contributed by atoms with Gasteiger partial charge < -0.3 is 5.11 Å². The Bertz CT molecular complexity index is 329. The van der Waals surface area contributed by atoms with Crippen LogP contribution in [-0.2, 0) is 5.41 Å². The van der Waals surface area contributed by atoms with Gasteiger partial charge in [-0.05, 0) is 37.0 Å². The Kier molecular flexibility index (Phi) is 1.88. The van der Waals surface area contributed by atoms with E-state index in [4.69, 9.17) is 0 Å². The summed E-state index contributed by atoms with van der Waals surface area (Å²) in [5, 5.41) is 9.18. The molecule has 0 radical (unpaired) electrons. The van der Waals surface area contributed by atoms with Crippen LogP contribution in [0.1, 0.15) is 24.0 Å². The molecule has 1 N–H and O–H groups in total. The zero-order valence-electron chi connectivity index (χ0n) is 7.68. The van der Waals surface area contributed by atoms with E-state index in [0.29, 0.717) is 5.56 Å². The molecule has 1 aliphatic rings. The highest BCUT2D eigenvalue weighted by molar-refractivity contribution is 5.34. The highest BCUT2D eigenvalue weighted by Crippen LogP contribution is 2.47. The van der Waals surface area contributed by atoms with E-state index in [-0.39, 0.29) is 17.8 Å². The van der Waals surface area contributed by atoms with Gasteiger partial charge in [0, 0.05) is 5.41 Å². The first-order chi connectivity index (χ1) is 6.18. The second kappa shape index (κ2) is 2.81. The van der Waals surface area contributed by atoms with Gasteiger partial charge in [0.2, 0.25) is 0 Å². The SMILES string of the molecule is Cc1cc(C2(CO)CC2)ccc1F. The predicted molar refractivity (Wildman–Crippen MR) is 49.1 cm³/mol. The van der Waals surface area contributed by atoms with E-state index < -0.39 is 0 Å². The van der Waals surface area contributed by atoms with Gasteiger partial charge in [0.05, 0.1) is 6.61 Å². The first kappa shape index (κ1) is 8.70. The van der Waals surface area contributed by atoms with Crippen molar-refractivity contribution in [2.45, 2.75) is 25.2 Å². The Morgan fingerprint density at radius 2 is 2.15 bits per heavy atom. The highest BCUT2D eigenvalue weighted by Gasteiger charge is 2.43. The van der Waals surface area contributed by atoms with Gasteiger partial charge in [-0.1, -0.05) is 12.1 Å². The van der Waals surface area contributed by atoms with Crippen molar-refractivity contribution >= 4 is 0 Å². The Morgan fingerprint density at radius 3 is 2.62 bits per heavy atom. The lowest BCUT2D eigenvalue weighted by Gasteiger charge is -2.12. The van der Waals surface area contributed by atoms with Crippen molar-refractivity contribution in [3.05, 3.63) is 35.1 Å². The van der Waals surface area contributed by atoms with Crippen molar-refractivity contribution in [3.63, 3.8) is 0 Å². The lowest BCUT2D eigenvalue weighted by molar-refractivity contribution is 0.255. The van der Waals surface area contributed by atoms with Crippen LogP contribution in [0.15, 0.2) is 18.2 Å². The zero-order chi connectivity index (χ0) is 9.47. The monoisotopic (exact) mass is 180 g/mol. The summed E-state index contributed by atoms with van der Waals surface area (Å²) in [6.07, 6.45) is 2.04. The summed E-state index contributed by atoms with van der Waals surface area (Å²) in [5.74, 6) is -0.169. The van der Waals surface area contributed by atoms with Crippen molar-refractivity contribution in [1.82, 2.24) is 0 Å². The summed E-state index contributed by atoms with van der Waals surface area (Å²) in [6, 6.07) is 5.12. The molecular formula is C11H13FO. The molecule has 1 nitrogen and oxygen atoms in total. The average molecular weight is 180 g/mol. The number of aryl methyl sites for hydroxylation is 1. The van der Waals surface area contributed by atoms with Crippen LogP contribution in [0.4, 0.5) is 4.39 Å². The van der Waals surface area contributed by atoms with Crippen molar-refractivity contribution in [2.75, 3.05) is 6.61 Å². The number of hydrogen-bond acceptors (Lipinski definition) is 1. The predicted octanol–water partition coefficient (Wildman–Crippen LogP) is 2.16. The van der Waals surface area contributed by atoms with Gasteiger partial charge in [-0.3, -0.25) is 0 Å². The molecule has 1 fully saturated rings. The van der Waals surface area contributed by atoms with Crippen LogP contribution in [0.25, 0.3) is 0 Å². The molecule has 13 heavy (non-hydrogen) atoms. The van der Waals surface area contributed by atoms with E-state index in [9.17, 15) is 9.50 Å². The Hall–Kier alpha value is -0.890. The molecule has 0 unspecified atom stereocenters. The summed E-state index contributed by atoms with van der Waals surface area (Å²) >= 11 is 0. The maximum absolute atomic E-state index is 12.9. The second-order valence-electron chi connectivity index (χ2n) is 3.90. The Morgan fingerprint density at radius 1 is 1.46 bits per heavy atom. The van der Waals surface area contributed by atoms with Gasteiger partial charge in [-0.15, -0.1) is 0 Å². The van der Waals surface area contributed by atoms with Gasteiger partial charge >= 0.3 is 0 Å². The lowest BCUT2D eigenvalue weighted by atomic mass is 9.95. The molecule has 0 aliphatic heterocycles. The molecule has 70 valence electrons. The molecule has 1 aliphatic carbocycles. The maximum Gasteiger partial charge on any atom is 0.126 e. The highest BCUT2D eigenvalue weighted by atomic mass is 19.1. The topological polar surface area (TPSA) is 20.2 Å². The fraction of sp³-hybridized carbons (Fsp3) is 0.455. The Labute approximate surface area is 77.2 Å². The van der Waals surface area contributed by atoms with Crippen LogP contribution in [-0.4, -0.2) is 11.7 Å². The second-order valence-corrected chi connectivity index (χ2v) is 3.90. The summed E-state index contributed by atoms with van der Waals surface area (Å²) in [5.41, 5.74) is 1.70. The molecule has 0 spiro atoms. The lowest BCUT2D eigenvalue weighted by Crippen LogP contribution is -2.12. The van der Waals surface area contributed by atoms with E-state index in [1.165, 1.54) is 6.07 Å². The third kappa shape index (κ3) is 1.35. The number of halogens is 1. The van der Waals surface area contributed by atoms with E-state index >= 15 is 0 Å². The number of aliphatic hydroxyl groups is 1. The number of benzene rings is 1. The number of hydrogen-bond donors (Lipinski definition) is 1. The van der Waals surface area contributed by atoms with Crippen molar-refractivity contribution in [1.29, 1.82) is 0 Å². The molecule has 1 aromatic carbocycles. The molecule has 0 aromatic heterocycles. The van der Waals surface area contributed by atoms with Crippen LogP contribution < -0.4 is 0 Å². The van der Waals surface area contributed by atoms with E-state index in [2.05, 4.69) is 0 Å². The third-order valence-electron chi connectivity index (χ3n) is 2.93. The first-order valence-electron chi connectivity index (χ1n) is 4.55. The normalized spacial score (nSPS) is 18.7. The summed E-state index contributed by atoms with van der Waals surface area (Å²) in [6.45, 7) is 1.93. The third-order valence-corrected chi connectivity index (χ3v) is 2.93. The molecule has 0 amide bonds. The van der Waals surface area contributed by atoms with Gasteiger partial charge in [-0.25, -0.2) is 4.39 Å². The zero-order valence-corrected chi connectivity index (χ0v) is 7.68. The quantitative estimate of drug-likeness (QED) is 0.739. The van der Waals surface area contributed by atoms with E-state index in [1.54, 1.807) is 13.0 Å². The van der Waals surface area contributed by atoms with Crippen LogP contribution in [0.2, 0.25) is 0 Å². The van der Waals surface area contributed by atoms with E-state index in [0.717, 1.165) is 18.4 Å². The van der Waals surface area contributed by atoms with E-state index in [1.807, 2.05) is 6.07 Å². The molecule has 2 heteroatoms. The average Bonchev–Trinajstić information content (AvgIpc) is 2.90. The smallest absolute Gasteiger partial charge is 0.126 e. The van der Waals surface area contributed by atoms with Gasteiger partial charge in [0.1, 0.15) is 5.82 Å². The molecule has 1 aromatic rings. The van der Waals surface area contributed by atoms with Crippen molar-refractivity contribution in [2.24, 2.45) is 0 Å². The van der Waals surface area contributed by atoms with Crippen molar-refractivity contribution < 1.29 is 9.50 Å². The first-order valence-corrected chi connectivity index (χ1v) is 4.55. The molecule has 0 bridgehead atoms. The van der Waals surface area contributed by atoms with Crippen LogP contribution >= 0.6 is 0 Å². The standard InChI is InChI=1S/C11H13FO/c1-8-6-9(2-3-10(8)12)11(7-13)4-5-11/h2-3,6,13H,4-5,7H2,1H3. The fourth-order valence-electron chi connectivity index (χ4n) is 1.66. The fourth-order valence-corrected chi connectivity index (χ4v) is 1.66. The summed E-state index contributed by atoms with van der Waals surface area (Å²) in [4.78, 5) is 0. The molecule has 0 atom stereocenters. The largest absolute Gasteiger partial charge is 0.395 e. The van der Waals surface area contributed by atoms with Crippen molar-refractivity contribution in [3.8, 4) is 0 Å². The molecule has 2 rings (SSSR count). The van der Waals surface area contributed by atoms with Gasteiger partial charge in [0.15, 0.2) is 0 Å². The molecule has 0 heterocycles. The summed E-state index contributed by atoms with van der Waals surface area (Å²) < 4.78 is 12.9. The van der Waals surface area contributed by atoms with Crippen LogP contribution in [0.5, 0.6) is 0 Å². The number of rotatable bonds is 2. The maximum atomic E-state index is 12.9. The minimum Gasteiger partial charge on any atom is -0.395 e. The van der Waals surface area contributed by atoms with Gasteiger partial charge in [0.25, 0.3) is 0 Å². The molecular weight excluding hydrogens is 167 g/mol. The van der Waals surface area contributed by atoms with Crippen LogP contribution in [0.3, 0.4) is 0 Å². The summed E-state index contributed by atoms with van der Waals surface area (Å²) in [7, 11) is 0. The minimum absolute atomic E-state index is 0.0432.